The van der Waals surface area contributed by atoms with Crippen LogP contribution in [0.2, 0.25) is 0 Å². The molecule has 0 fully saturated rings. The van der Waals surface area contributed by atoms with E-state index in [0.717, 1.165) is 0 Å². The van der Waals surface area contributed by atoms with Gasteiger partial charge in [0.15, 0.2) is 6.39 Å². The highest BCUT2D eigenvalue weighted by Crippen LogP contribution is 1.72. The predicted molar refractivity (Wildman–Crippen MR) is 28.9 cm³/mol. The van der Waals surface area contributed by atoms with Gasteiger partial charge >= 0.3 is 7.32 Å². The highest BCUT2D eigenvalue weighted by Gasteiger charge is 1.92. The highest BCUT2D eigenvalue weighted by molar-refractivity contribution is 6.30. The Morgan fingerprint density at radius 3 is 2.00 bits per heavy atom. The topological polar surface area (TPSA) is 86.7 Å². The summed E-state index contributed by atoms with van der Waals surface area (Å²) in [5, 5.41) is 21.5. The number of oxazole rings is 1. The first-order valence-electron chi connectivity index (χ1n) is 2.10. The molecular weight excluding hydrogens is 125 g/mol. The Morgan fingerprint density at radius 1 is 1.33 bits per heavy atom. The van der Waals surface area contributed by atoms with Crippen molar-refractivity contribution in [1.82, 2.24) is 4.98 Å². The third kappa shape index (κ3) is 11.0. The van der Waals surface area contributed by atoms with Gasteiger partial charge in [0.25, 0.3) is 0 Å². The van der Waals surface area contributed by atoms with Crippen molar-refractivity contribution in [3.63, 3.8) is 0 Å². The van der Waals surface area contributed by atoms with E-state index in [-0.39, 0.29) is 0 Å². The molecule has 0 amide bonds. The van der Waals surface area contributed by atoms with E-state index in [9.17, 15) is 0 Å². The number of rotatable bonds is 0. The molecule has 3 N–H and O–H groups in total. The zero-order valence-electron chi connectivity index (χ0n) is 4.51. The van der Waals surface area contributed by atoms with Crippen LogP contribution in [0.25, 0.3) is 0 Å². The second-order valence-electron chi connectivity index (χ2n) is 1.02. The van der Waals surface area contributed by atoms with Gasteiger partial charge in [-0.1, -0.05) is 0 Å². The van der Waals surface area contributed by atoms with Crippen molar-refractivity contribution in [1.29, 1.82) is 0 Å². The fraction of sp³-hybridized carbons (Fsp3) is 0. The van der Waals surface area contributed by atoms with Crippen molar-refractivity contribution in [3.05, 3.63) is 18.9 Å². The standard InChI is InChI=1S/C3H3NO.BH3O3/c1-2-5-3-4-1;2-1(3)4/h1-3H;2-4H. The molecule has 0 aliphatic heterocycles. The Morgan fingerprint density at radius 2 is 1.89 bits per heavy atom. The molecule has 0 saturated heterocycles. The molecule has 1 rings (SSSR count). The lowest BCUT2D eigenvalue weighted by Gasteiger charge is -1.69. The monoisotopic (exact) mass is 131 g/mol. The van der Waals surface area contributed by atoms with E-state index in [1.807, 2.05) is 0 Å². The summed E-state index contributed by atoms with van der Waals surface area (Å²) < 4.78 is 4.47. The second kappa shape index (κ2) is 5.29. The highest BCUT2D eigenvalue weighted by atomic mass is 16.5. The summed E-state index contributed by atoms with van der Waals surface area (Å²) in [5.74, 6) is 0. The Labute approximate surface area is 51.8 Å². The molecule has 0 aromatic carbocycles. The van der Waals surface area contributed by atoms with Crippen LogP contribution in [-0.2, 0) is 0 Å². The van der Waals surface area contributed by atoms with Gasteiger partial charge in [-0.2, -0.15) is 0 Å². The predicted octanol–water partition coefficient (Wildman–Crippen LogP) is -1.38. The quantitative estimate of drug-likeness (QED) is 0.378. The lowest BCUT2D eigenvalue weighted by molar-refractivity contribution is 0.278. The van der Waals surface area contributed by atoms with Crippen LogP contribution in [0.4, 0.5) is 0 Å². The fourth-order valence-corrected chi connectivity index (χ4v) is 0.176. The lowest BCUT2D eigenvalue weighted by atomic mass is 10.3. The second-order valence-corrected chi connectivity index (χ2v) is 1.02. The molecule has 1 heterocycles. The zero-order valence-corrected chi connectivity index (χ0v) is 4.51. The summed E-state index contributed by atoms with van der Waals surface area (Å²) in [4.78, 5) is 3.56. The molecule has 50 valence electrons. The molecule has 1 aromatic heterocycles. The third-order valence-electron chi connectivity index (χ3n) is 0.347. The van der Waals surface area contributed by atoms with E-state index in [4.69, 9.17) is 15.1 Å². The summed E-state index contributed by atoms with van der Waals surface area (Å²) >= 11 is 0. The van der Waals surface area contributed by atoms with Crippen molar-refractivity contribution in [2.75, 3.05) is 0 Å². The number of aromatic nitrogens is 1. The van der Waals surface area contributed by atoms with E-state index in [2.05, 4.69) is 9.40 Å². The summed E-state index contributed by atoms with van der Waals surface area (Å²) in [6.07, 6.45) is 4.47. The third-order valence-corrected chi connectivity index (χ3v) is 0.347. The average molecular weight is 131 g/mol. The normalized spacial score (nSPS) is 7.44. The van der Waals surface area contributed by atoms with Gasteiger partial charge in [0.05, 0.1) is 6.20 Å². The fourth-order valence-electron chi connectivity index (χ4n) is 0.176. The van der Waals surface area contributed by atoms with Crippen LogP contribution in [0.5, 0.6) is 0 Å². The van der Waals surface area contributed by atoms with Gasteiger partial charge in [0.2, 0.25) is 0 Å². The van der Waals surface area contributed by atoms with E-state index in [0.29, 0.717) is 0 Å². The van der Waals surface area contributed by atoms with E-state index in [1.54, 1.807) is 6.20 Å². The molecule has 0 bridgehead atoms. The van der Waals surface area contributed by atoms with E-state index < -0.39 is 7.32 Å². The Bertz CT molecular complexity index is 99.4. The summed E-state index contributed by atoms with van der Waals surface area (Å²) in [7, 11) is -2.17. The van der Waals surface area contributed by atoms with Gasteiger partial charge in [0.1, 0.15) is 6.26 Å². The molecular formula is C3H6BNO4. The van der Waals surface area contributed by atoms with Crippen LogP contribution in [0, 0.1) is 0 Å². The molecule has 0 saturated carbocycles. The Balaban J connectivity index is 0.000000148. The first-order valence-corrected chi connectivity index (χ1v) is 2.10. The molecule has 0 spiro atoms. The van der Waals surface area contributed by atoms with Gasteiger partial charge in [-0.3, -0.25) is 0 Å². The largest absolute Gasteiger partial charge is 0.631 e. The Hall–Kier alpha value is -0.845. The van der Waals surface area contributed by atoms with Crippen molar-refractivity contribution in [2.45, 2.75) is 0 Å². The smallest absolute Gasteiger partial charge is 0.452 e. The van der Waals surface area contributed by atoms with Crippen molar-refractivity contribution >= 4 is 7.32 Å². The van der Waals surface area contributed by atoms with E-state index in [1.165, 1.54) is 12.7 Å². The zero-order chi connectivity index (χ0) is 7.11. The number of hydrogen-bond donors (Lipinski definition) is 3. The number of nitrogens with zero attached hydrogens (tertiary/aromatic N) is 1. The van der Waals surface area contributed by atoms with Gasteiger partial charge < -0.3 is 19.5 Å². The molecule has 9 heavy (non-hydrogen) atoms. The van der Waals surface area contributed by atoms with Crippen molar-refractivity contribution in [3.8, 4) is 0 Å². The molecule has 0 aliphatic carbocycles. The van der Waals surface area contributed by atoms with E-state index >= 15 is 0 Å². The van der Waals surface area contributed by atoms with Crippen LogP contribution in [0.1, 0.15) is 0 Å². The first kappa shape index (κ1) is 8.15. The van der Waals surface area contributed by atoms with Crippen LogP contribution in [-0.4, -0.2) is 27.4 Å². The molecule has 5 nitrogen and oxygen atoms in total. The molecule has 0 unspecified atom stereocenters. The first-order chi connectivity index (χ1) is 4.23. The SMILES string of the molecule is OB(O)O.c1cocn1. The van der Waals surface area contributed by atoms with Gasteiger partial charge in [-0.15, -0.1) is 0 Å². The lowest BCUT2D eigenvalue weighted by Crippen LogP contribution is -2.07. The summed E-state index contributed by atoms with van der Waals surface area (Å²) in [6, 6.07) is 0. The minimum atomic E-state index is -2.17. The maximum atomic E-state index is 7.17. The summed E-state index contributed by atoms with van der Waals surface area (Å²) in [5.41, 5.74) is 0. The van der Waals surface area contributed by atoms with Crippen LogP contribution >= 0.6 is 0 Å². The number of hydrogen-bond acceptors (Lipinski definition) is 5. The molecule has 0 atom stereocenters. The molecule has 6 heteroatoms. The minimum Gasteiger partial charge on any atom is -0.452 e. The maximum Gasteiger partial charge on any atom is 0.631 e. The van der Waals surface area contributed by atoms with Gasteiger partial charge in [-0.25, -0.2) is 4.98 Å². The van der Waals surface area contributed by atoms with Crippen LogP contribution < -0.4 is 0 Å². The van der Waals surface area contributed by atoms with Crippen molar-refractivity contribution in [2.24, 2.45) is 0 Å². The molecule has 1 aromatic rings. The van der Waals surface area contributed by atoms with Crippen LogP contribution in [0.15, 0.2) is 23.3 Å². The van der Waals surface area contributed by atoms with Gasteiger partial charge in [0, 0.05) is 0 Å². The average Bonchev–Trinajstić information content (AvgIpc) is 2.11. The molecule has 0 radical (unpaired) electrons. The van der Waals surface area contributed by atoms with Gasteiger partial charge in [-0.05, 0) is 0 Å². The van der Waals surface area contributed by atoms with Crippen molar-refractivity contribution < 1.29 is 19.5 Å². The maximum absolute atomic E-state index is 7.17. The minimum absolute atomic E-state index is 1.38. The Kier molecular flexibility index (Phi) is 4.80. The summed E-state index contributed by atoms with van der Waals surface area (Å²) in [6.45, 7) is 0. The van der Waals surface area contributed by atoms with Crippen LogP contribution in [0.3, 0.4) is 0 Å². The molecule has 0 aliphatic rings.